The van der Waals surface area contributed by atoms with E-state index in [1.165, 1.54) is 4.68 Å². The van der Waals surface area contributed by atoms with Gasteiger partial charge in [0.2, 0.25) is 0 Å². The van der Waals surface area contributed by atoms with Crippen LogP contribution in [0.15, 0.2) is 60.7 Å². The largest absolute Gasteiger partial charge is 0.323 e. The first-order valence-electron chi connectivity index (χ1n) is 7.84. The van der Waals surface area contributed by atoms with E-state index < -0.39 is 0 Å². The van der Waals surface area contributed by atoms with Crippen molar-refractivity contribution >= 4 is 23.3 Å². The van der Waals surface area contributed by atoms with Gasteiger partial charge in [-0.15, -0.1) is 0 Å². The lowest BCUT2D eigenvalue weighted by Gasteiger charge is -2.08. The zero-order chi connectivity index (χ0) is 17.8. The van der Waals surface area contributed by atoms with Gasteiger partial charge in [0.1, 0.15) is 0 Å². The Balaban J connectivity index is 1.67. The van der Waals surface area contributed by atoms with Crippen LogP contribution in [0.2, 0.25) is 0 Å². The van der Waals surface area contributed by atoms with Crippen molar-refractivity contribution in [2.45, 2.75) is 13.8 Å². The summed E-state index contributed by atoms with van der Waals surface area (Å²) in [6.07, 6.45) is 0. The summed E-state index contributed by atoms with van der Waals surface area (Å²) >= 11 is 0. The molecule has 0 spiro atoms. The van der Waals surface area contributed by atoms with E-state index in [-0.39, 0.29) is 11.9 Å². The van der Waals surface area contributed by atoms with Gasteiger partial charge in [0.25, 0.3) is 5.91 Å². The number of hydrogen-bond acceptors (Lipinski definition) is 3. The van der Waals surface area contributed by atoms with Crippen molar-refractivity contribution in [3.05, 3.63) is 77.6 Å². The smallest absolute Gasteiger partial charge is 0.308 e. The Labute approximate surface area is 145 Å². The summed E-state index contributed by atoms with van der Waals surface area (Å²) in [6, 6.07) is 17.4. The Bertz CT molecular complexity index is 899. The van der Waals surface area contributed by atoms with E-state index >= 15 is 0 Å². The van der Waals surface area contributed by atoms with Crippen LogP contribution in [0.4, 0.5) is 16.2 Å². The van der Waals surface area contributed by atoms with Gasteiger partial charge < -0.3 is 10.6 Å². The van der Waals surface area contributed by atoms with Crippen LogP contribution < -0.4 is 10.6 Å². The summed E-state index contributed by atoms with van der Waals surface area (Å²) < 4.78 is 1.37. The fraction of sp³-hybridized carbons (Fsp3) is 0.105. The molecule has 1 aromatic heterocycles. The average molecular weight is 334 g/mol. The van der Waals surface area contributed by atoms with Crippen molar-refractivity contribution in [1.82, 2.24) is 9.78 Å². The Morgan fingerprint density at radius 3 is 2.04 bits per heavy atom. The third-order valence-corrected chi connectivity index (χ3v) is 3.62. The Morgan fingerprint density at radius 2 is 1.48 bits per heavy atom. The normalized spacial score (nSPS) is 10.3. The number of hydrogen-bond donors (Lipinski definition) is 2. The second-order valence-corrected chi connectivity index (χ2v) is 5.67. The van der Waals surface area contributed by atoms with Crippen molar-refractivity contribution in [2.24, 2.45) is 0 Å². The van der Waals surface area contributed by atoms with Crippen molar-refractivity contribution < 1.29 is 9.59 Å². The van der Waals surface area contributed by atoms with Gasteiger partial charge in [-0.1, -0.05) is 18.2 Å². The predicted molar refractivity (Wildman–Crippen MR) is 97.0 cm³/mol. The second-order valence-electron chi connectivity index (χ2n) is 5.67. The van der Waals surface area contributed by atoms with Crippen molar-refractivity contribution in [2.75, 3.05) is 10.6 Å². The van der Waals surface area contributed by atoms with E-state index in [0.29, 0.717) is 16.9 Å². The molecule has 2 aromatic carbocycles. The van der Waals surface area contributed by atoms with E-state index in [2.05, 4.69) is 15.7 Å². The van der Waals surface area contributed by atoms with Gasteiger partial charge in [-0.2, -0.15) is 5.10 Å². The van der Waals surface area contributed by atoms with Crippen LogP contribution >= 0.6 is 0 Å². The van der Waals surface area contributed by atoms with Crippen molar-refractivity contribution in [3.8, 4) is 0 Å². The number of carbonyl (C=O) groups excluding carboxylic acids is 2. The van der Waals surface area contributed by atoms with E-state index in [4.69, 9.17) is 0 Å². The van der Waals surface area contributed by atoms with E-state index in [9.17, 15) is 9.59 Å². The second kappa shape index (κ2) is 7.00. The highest BCUT2D eigenvalue weighted by Gasteiger charge is 2.12. The summed E-state index contributed by atoms with van der Waals surface area (Å²) in [5, 5.41) is 9.65. The summed E-state index contributed by atoms with van der Waals surface area (Å²) in [4.78, 5) is 24.4. The fourth-order valence-corrected chi connectivity index (χ4v) is 2.47. The molecule has 2 amide bonds. The molecule has 0 radical (unpaired) electrons. The molecular formula is C19H18N4O2. The zero-order valence-corrected chi connectivity index (χ0v) is 14.0. The molecule has 0 atom stereocenters. The number of rotatable bonds is 3. The highest BCUT2D eigenvalue weighted by molar-refractivity contribution is 6.00. The molecule has 0 aliphatic heterocycles. The third-order valence-electron chi connectivity index (χ3n) is 3.62. The van der Waals surface area contributed by atoms with Crippen molar-refractivity contribution in [3.63, 3.8) is 0 Å². The molecule has 3 aromatic rings. The Kier molecular flexibility index (Phi) is 4.61. The molecule has 0 bridgehead atoms. The molecular weight excluding hydrogens is 316 g/mol. The molecule has 6 nitrogen and oxygen atoms in total. The van der Waals surface area contributed by atoms with Gasteiger partial charge >= 0.3 is 6.03 Å². The minimum Gasteiger partial charge on any atom is -0.308 e. The quantitative estimate of drug-likeness (QED) is 0.764. The maximum absolute atomic E-state index is 12.5. The van der Waals surface area contributed by atoms with E-state index in [1.54, 1.807) is 36.4 Å². The summed E-state index contributed by atoms with van der Waals surface area (Å²) in [5.74, 6) is -0.203. The van der Waals surface area contributed by atoms with Crippen LogP contribution in [-0.4, -0.2) is 21.7 Å². The number of nitrogens with one attached hydrogen (secondary N) is 2. The zero-order valence-electron chi connectivity index (χ0n) is 14.0. The number of benzene rings is 2. The number of carbonyl (C=O) groups is 2. The van der Waals surface area contributed by atoms with Gasteiger partial charge in [-0.05, 0) is 56.3 Å². The first-order valence-corrected chi connectivity index (χ1v) is 7.84. The van der Waals surface area contributed by atoms with Crippen molar-refractivity contribution in [1.29, 1.82) is 0 Å². The molecule has 6 heteroatoms. The lowest BCUT2D eigenvalue weighted by atomic mass is 10.2. The number of urea groups is 1. The van der Waals surface area contributed by atoms with Crippen LogP contribution in [-0.2, 0) is 0 Å². The molecule has 25 heavy (non-hydrogen) atoms. The topological polar surface area (TPSA) is 76.0 Å². The molecule has 126 valence electrons. The van der Waals surface area contributed by atoms with Crippen LogP contribution in [0, 0.1) is 13.8 Å². The molecule has 0 saturated heterocycles. The number of aryl methyl sites for hydroxylation is 2. The molecule has 0 aliphatic rings. The number of para-hydroxylation sites is 1. The molecule has 0 saturated carbocycles. The minimum atomic E-state index is -0.344. The molecule has 0 unspecified atom stereocenters. The highest BCUT2D eigenvalue weighted by Crippen LogP contribution is 2.13. The van der Waals surface area contributed by atoms with Crippen LogP contribution in [0.1, 0.15) is 21.7 Å². The maximum atomic E-state index is 12.5. The summed E-state index contributed by atoms with van der Waals surface area (Å²) in [7, 11) is 0. The van der Waals surface area contributed by atoms with Gasteiger partial charge in [0.05, 0.1) is 5.69 Å². The van der Waals surface area contributed by atoms with Gasteiger partial charge in [0, 0.05) is 22.6 Å². The SMILES string of the molecule is Cc1cc(C)n(C(=O)c2ccc(NC(=O)Nc3ccccc3)cc2)n1. The first-order chi connectivity index (χ1) is 12.0. The molecule has 1 heterocycles. The van der Waals surface area contributed by atoms with Gasteiger partial charge in [0.15, 0.2) is 0 Å². The highest BCUT2D eigenvalue weighted by atomic mass is 16.2. The predicted octanol–water partition coefficient (Wildman–Crippen LogP) is 3.83. The summed E-state index contributed by atoms with van der Waals surface area (Å²) in [5.41, 5.74) is 3.38. The molecule has 3 rings (SSSR count). The Morgan fingerprint density at radius 1 is 0.880 bits per heavy atom. The van der Waals surface area contributed by atoms with Crippen LogP contribution in [0.5, 0.6) is 0 Å². The average Bonchev–Trinajstić information content (AvgIpc) is 2.94. The monoisotopic (exact) mass is 334 g/mol. The minimum absolute atomic E-state index is 0.203. The molecule has 2 N–H and O–H groups in total. The number of amides is 2. The summed E-state index contributed by atoms with van der Waals surface area (Å²) in [6.45, 7) is 3.68. The molecule has 0 aliphatic carbocycles. The number of anilines is 2. The van der Waals surface area contributed by atoms with Gasteiger partial charge in [-0.25, -0.2) is 9.48 Å². The van der Waals surface area contributed by atoms with E-state index in [1.807, 2.05) is 38.1 Å². The standard InChI is InChI=1S/C19H18N4O2/c1-13-12-14(2)23(22-13)18(24)15-8-10-17(11-9-15)21-19(25)20-16-6-4-3-5-7-16/h3-12H,1-2H3,(H2,20,21,25). The first kappa shape index (κ1) is 16.4. The number of nitrogens with zero attached hydrogens (tertiary/aromatic N) is 2. The van der Waals surface area contributed by atoms with E-state index in [0.717, 1.165) is 11.4 Å². The van der Waals surface area contributed by atoms with Gasteiger partial charge in [-0.3, -0.25) is 4.79 Å². The molecule has 0 fully saturated rings. The van der Waals surface area contributed by atoms with Crippen LogP contribution in [0.25, 0.3) is 0 Å². The van der Waals surface area contributed by atoms with Crippen LogP contribution in [0.3, 0.4) is 0 Å². The third kappa shape index (κ3) is 3.92. The Hall–Kier alpha value is -3.41. The maximum Gasteiger partial charge on any atom is 0.323 e. The number of aromatic nitrogens is 2. The fourth-order valence-electron chi connectivity index (χ4n) is 2.47. The lowest BCUT2D eigenvalue weighted by molar-refractivity contribution is 0.0942. The lowest BCUT2D eigenvalue weighted by Crippen LogP contribution is -2.19.